The summed E-state index contributed by atoms with van der Waals surface area (Å²) in [7, 11) is 1.50. The Kier molecular flexibility index (Phi) is 6.36. The zero-order chi connectivity index (χ0) is 25.1. The molecular formula is C22H21N7O6. The van der Waals surface area contributed by atoms with Crippen molar-refractivity contribution < 1.29 is 23.9 Å². The number of allylic oxidation sites excluding steroid dienone is 1. The monoisotopic (exact) mass is 479 g/mol. The maximum absolute atomic E-state index is 12.2. The lowest BCUT2D eigenvalue weighted by Gasteiger charge is -2.25. The lowest BCUT2D eigenvalue weighted by atomic mass is 9.83. The molecule has 13 heteroatoms. The molecule has 3 heterocycles. The number of carbonyl (C=O) groups excluding carboxylic acids is 1. The number of hydrogen-bond donors (Lipinski definition) is 2. The lowest BCUT2D eigenvalue weighted by molar-refractivity contribution is -0.385. The molecule has 1 atom stereocenters. The molecule has 3 N–H and O–H groups in total. The van der Waals surface area contributed by atoms with Crippen molar-refractivity contribution in [3.05, 3.63) is 74.5 Å². The highest BCUT2D eigenvalue weighted by Gasteiger charge is 2.36. The van der Waals surface area contributed by atoms with Crippen molar-refractivity contribution in [1.82, 2.24) is 20.0 Å². The molecule has 1 aliphatic rings. The number of nitrogens with one attached hydrogen (secondary N) is 1. The van der Waals surface area contributed by atoms with Crippen molar-refractivity contribution in [3.8, 4) is 17.7 Å². The van der Waals surface area contributed by atoms with Crippen LogP contribution in [0.2, 0.25) is 0 Å². The highest BCUT2D eigenvalue weighted by Crippen LogP contribution is 2.43. The van der Waals surface area contributed by atoms with E-state index in [-0.39, 0.29) is 42.6 Å². The minimum atomic E-state index is -0.691. The predicted octanol–water partition coefficient (Wildman–Crippen LogP) is 1.90. The van der Waals surface area contributed by atoms with E-state index in [4.69, 9.17) is 19.9 Å². The number of nitrogens with two attached hydrogens (primary N) is 1. The fourth-order valence-corrected chi connectivity index (χ4v) is 3.94. The average molecular weight is 479 g/mol. The summed E-state index contributed by atoms with van der Waals surface area (Å²) < 4.78 is 17.5. The first-order chi connectivity index (χ1) is 16.9. The van der Waals surface area contributed by atoms with Crippen LogP contribution in [0.15, 0.2) is 42.0 Å². The smallest absolute Gasteiger partial charge is 0.311 e. The molecule has 35 heavy (non-hydrogen) atoms. The van der Waals surface area contributed by atoms with Crippen LogP contribution in [0.5, 0.6) is 11.6 Å². The summed E-state index contributed by atoms with van der Waals surface area (Å²) in [5.74, 6) is -0.573. The topological polar surface area (TPSA) is 184 Å². The number of H-pyrrole nitrogens is 1. The van der Waals surface area contributed by atoms with Crippen LogP contribution in [-0.2, 0) is 22.5 Å². The second-order valence-electron chi connectivity index (χ2n) is 7.55. The normalized spacial score (nSPS) is 14.6. The van der Waals surface area contributed by atoms with Crippen LogP contribution >= 0.6 is 0 Å². The van der Waals surface area contributed by atoms with Crippen LogP contribution < -0.4 is 15.2 Å². The van der Waals surface area contributed by atoms with Gasteiger partial charge in [0.25, 0.3) is 0 Å². The van der Waals surface area contributed by atoms with E-state index in [1.807, 2.05) is 0 Å². The largest absolute Gasteiger partial charge is 0.496 e. The standard InChI is InChI=1S/C22H21N7O6/c1-3-34-18(30)7-16-20-19(15(8-23)21(24)35-22(20)27-26-16)12-4-5-17(33-2)13(6-12)10-28-11-14(9-25-28)29(31)32/h4-6,9,11,19H,3,7,10,24H2,1-2H3,(H,26,27). The zero-order valence-electron chi connectivity index (χ0n) is 18.8. The van der Waals surface area contributed by atoms with Gasteiger partial charge in [-0.25, -0.2) is 0 Å². The molecule has 0 fully saturated rings. The van der Waals surface area contributed by atoms with Gasteiger partial charge < -0.3 is 19.9 Å². The van der Waals surface area contributed by atoms with Crippen molar-refractivity contribution in [2.45, 2.75) is 25.8 Å². The maximum Gasteiger partial charge on any atom is 0.311 e. The van der Waals surface area contributed by atoms with Crippen LogP contribution in [0.25, 0.3) is 0 Å². The van der Waals surface area contributed by atoms with Crippen molar-refractivity contribution in [2.24, 2.45) is 5.73 Å². The number of nitro groups is 1. The van der Waals surface area contributed by atoms with E-state index in [0.29, 0.717) is 28.1 Å². The van der Waals surface area contributed by atoms with Gasteiger partial charge >= 0.3 is 11.7 Å². The Morgan fingerprint density at radius 3 is 2.91 bits per heavy atom. The van der Waals surface area contributed by atoms with Crippen molar-refractivity contribution >= 4 is 11.7 Å². The van der Waals surface area contributed by atoms with Crippen LogP contribution in [0.3, 0.4) is 0 Å². The molecule has 1 unspecified atom stereocenters. The molecule has 0 amide bonds. The molecule has 0 bridgehead atoms. The van der Waals surface area contributed by atoms with E-state index >= 15 is 0 Å². The Bertz CT molecular complexity index is 1370. The van der Waals surface area contributed by atoms with E-state index in [2.05, 4.69) is 21.4 Å². The minimum absolute atomic E-state index is 0.0979. The summed E-state index contributed by atoms with van der Waals surface area (Å²) in [6.45, 7) is 2.10. The predicted molar refractivity (Wildman–Crippen MR) is 119 cm³/mol. The molecule has 4 rings (SSSR count). The third-order valence-electron chi connectivity index (χ3n) is 5.44. The molecule has 0 saturated carbocycles. The molecule has 1 aliphatic heterocycles. The number of methoxy groups -OCH3 is 1. The summed E-state index contributed by atoms with van der Waals surface area (Å²) >= 11 is 0. The van der Waals surface area contributed by atoms with E-state index in [1.54, 1.807) is 25.1 Å². The van der Waals surface area contributed by atoms with Gasteiger partial charge in [0.05, 0.1) is 48.8 Å². The first-order valence-electron chi connectivity index (χ1n) is 10.5. The second-order valence-corrected chi connectivity index (χ2v) is 7.55. The zero-order valence-corrected chi connectivity index (χ0v) is 18.8. The van der Waals surface area contributed by atoms with Gasteiger partial charge in [-0.1, -0.05) is 6.07 Å². The number of esters is 1. The Balaban J connectivity index is 1.79. The van der Waals surface area contributed by atoms with E-state index in [0.717, 1.165) is 6.20 Å². The summed E-state index contributed by atoms with van der Waals surface area (Å²) in [5, 5.41) is 31.9. The van der Waals surface area contributed by atoms with Gasteiger partial charge in [-0.05, 0) is 24.6 Å². The Morgan fingerprint density at radius 2 is 2.26 bits per heavy atom. The van der Waals surface area contributed by atoms with Crippen molar-refractivity contribution in [1.29, 1.82) is 5.26 Å². The third kappa shape index (κ3) is 4.49. The van der Waals surface area contributed by atoms with Crippen LogP contribution in [0.1, 0.15) is 35.2 Å². The molecule has 2 aromatic heterocycles. The number of carbonyl (C=O) groups is 1. The first kappa shape index (κ1) is 23.3. The summed E-state index contributed by atoms with van der Waals surface area (Å²) in [6, 6.07) is 7.37. The van der Waals surface area contributed by atoms with Gasteiger partial charge in [0.1, 0.15) is 29.8 Å². The number of nitrogens with zero attached hydrogens (tertiary/aromatic N) is 5. The number of benzene rings is 1. The molecule has 13 nitrogen and oxygen atoms in total. The van der Waals surface area contributed by atoms with Crippen LogP contribution in [-0.4, -0.2) is 44.6 Å². The lowest BCUT2D eigenvalue weighted by Crippen LogP contribution is -2.22. The van der Waals surface area contributed by atoms with E-state index < -0.39 is 16.8 Å². The number of aromatic nitrogens is 4. The highest BCUT2D eigenvalue weighted by atomic mass is 16.6. The molecule has 0 spiro atoms. The van der Waals surface area contributed by atoms with Crippen LogP contribution in [0.4, 0.5) is 5.69 Å². The summed E-state index contributed by atoms with van der Waals surface area (Å²) in [4.78, 5) is 22.6. The summed E-state index contributed by atoms with van der Waals surface area (Å²) in [5.41, 5.74) is 8.27. The molecular weight excluding hydrogens is 458 g/mol. The van der Waals surface area contributed by atoms with Gasteiger partial charge in [-0.3, -0.25) is 24.7 Å². The van der Waals surface area contributed by atoms with Gasteiger partial charge in [-0.15, -0.1) is 5.10 Å². The third-order valence-corrected chi connectivity index (χ3v) is 5.44. The van der Waals surface area contributed by atoms with Gasteiger partial charge in [0.2, 0.25) is 11.8 Å². The van der Waals surface area contributed by atoms with Gasteiger partial charge in [-0.2, -0.15) is 10.4 Å². The SMILES string of the molecule is CCOC(=O)Cc1[nH]nc2c1C(c1ccc(OC)c(Cn3cc([N+](=O)[O-])cn3)c1)C(C#N)=C(N)O2. The molecule has 1 aromatic carbocycles. The average Bonchev–Trinajstić information content (AvgIpc) is 3.45. The second kappa shape index (κ2) is 9.56. The fraction of sp³-hybridized carbons (Fsp3) is 0.273. The highest BCUT2D eigenvalue weighted by molar-refractivity contribution is 5.73. The fourth-order valence-electron chi connectivity index (χ4n) is 3.94. The summed E-state index contributed by atoms with van der Waals surface area (Å²) in [6.07, 6.45) is 2.37. The number of ether oxygens (including phenoxy) is 3. The number of nitriles is 1. The number of rotatable bonds is 8. The molecule has 0 saturated heterocycles. The maximum atomic E-state index is 12.2. The van der Waals surface area contributed by atoms with E-state index in [1.165, 1.54) is 18.0 Å². The van der Waals surface area contributed by atoms with Crippen LogP contribution in [0, 0.1) is 21.4 Å². The van der Waals surface area contributed by atoms with Crippen molar-refractivity contribution in [3.63, 3.8) is 0 Å². The quantitative estimate of drug-likeness (QED) is 0.275. The Morgan fingerprint density at radius 1 is 1.46 bits per heavy atom. The number of hydrogen-bond acceptors (Lipinski definition) is 10. The van der Waals surface area contributed by atoms with E-state index in [9.17, 15) is 20.2 Å². The van der Waals surface area contributed by atoms with Gasteiger partial charge in [0, 0.05) is 5.56 Å². The number of aromatic amines is 1. The first-order valence-corrected chi connectivity index (χ1v) is 10.5. The molecule has 0 aliphatic carbocycles. The van der Waals surface area contributed by atoms with Gasteiger partial charge in [0.15, 0.2) is 0 Å². The Hall–Kier alpha value is -4.86. The molecule has 3 aromatic rings. The molecule has 180 valence electrons. The Labute approximate surface area is 198 Å². The number of fused-ring (bicyclic) bond motifs is 1. The van der Waals surface area contributed by atoms with Crippen molar-refractivity contribution in [2.75, 3.05) is 13.7 Å². The molecule has 0 radical (unpaired) electrons. The minimum Gasteiger partial charge on any atom is -0.496 e.